The topological polar surface area (TPSA) is 58.2 Å². The molecule has 0 rings (SSSR count). The fraction of sp³-hybridized carbons (Fsp3) is 0.750. The molecule has 0 aromatic carbocycles. The second kappa shape index (κ2) is 4.27. The molecule has 0 aliphatic heterocycles. The van der Waals surface area contributed by atoms with Gasteiger partial charge in [0.2, 0.25) is 5.78 Å². The molecule has 5 heteroatoms. The van der Waals surface area contributed by atoms with E-state index in [4.69, 9.17) is 0 Å². The van der Waals surface area contributed by atoms with Gasteiger partial charge in [-0.05, 0) is 0 Å². The van der Waals surface area contributed by atoms with Crippen LogP contribution in [-0.2, 0) is 4.57 Å². The maximum absolute atomic E-state index is 10.4. The highest BCUT2D eigenvalue weighted by Crippen LogP contribution is 1.98. The average molecular weight is 149 g/mol. The van der Waals surface area contributed by atoms with Crippen LogP contribution >= 0.6 is 8.46 Å². The summed E-state index contributed by atoms with van der Waals surface area (Å²) in [5, 5.41) is 4.77. The zero-order valence-corrected chi connectivity index (χ0v) is 6.39. The molecule has 2 N–H and O–H groups in total. The lowest BCUT2D eigenvalue weighted by Gasteiger charge is -1.99. The van der Waals surface area contributed by atoms with E-state index in [1.165, 1.54) is 7.05 Å². The van der Waals surface area contributed by atoms with Crippen LogP contribution in [0.1, 0.15) is 6.92 Å². The third kappa shape index (κ3) is 3.91. The normalized spacial score (nSPS) is 12.7. The number of urea groups is 1. The van der Waals surface area contributed by atoms with Crippen molar-refractivity contribution in [3.63, 3.8) is 0 Å². The minimum atomic E-state index is -0.495. The number of hydrogen-bond acceptors (Lipinski definition) is 2. The van der Waals surface area contributed by atoms with E-state index in [0.29, 0.717) is 0 Å². The van der Waals surface area contributed by atoms with Crippen LogP contribution in [0, 0.1) is 0 Å². The molecule has 0 radical (unpaired) electrons. The summed E-state index contributed by atoms with van der Waals surface area (Å²) in [6.07, 6.45) is 0. The fourth-order valence-corrected chi connectivity index (χ4v) is 0.488. The predicted molar refractivity (Wildman–Crippen MR) is 36.1 cm³/mol. The van der Waals surface area contributed by atoms with Crippen LogP contribution in [0.5, 0.6) is 0 Å². The summed E-state index contributed by atoms with van der Waals surface area (Å²) in [4.78, 5) is 10.4. The van der Waals surface area contributed by atoms with Gasteiger partial charge in [0.05, 0.1) is 0 Å². The molecule has 0 saturated carbocycles. The summed E-state index contributed by atoms with van der Waals surface area (Å²) in [6, 6.07) is -0.300. The van der Waals surface area contributed by atoms with Crippen LogP contribution in [0.15, 0.2) is 0 Å². The van der Waals surface area contributed by atoms with Crippen LogP contribution in [0.2, 0.25) is 0 Å². The van der Waals surface area contributed by atoms with E-state index < -0.39 is 8.46 Å². The van der Waals surface area contributed by atoms with Crippen molar-refractivity contribution in [3.05, 3.63) is 0 Å². The van der Waals surface area contributed by atoms with E-state index in [2.05, 4.69) is 10.6 Å². The van der Waals surface area contributed by atoms with Gasteiger partial charge in [-0.15, -0.1) is 0 Å². The first-order valence-electron chi connectivity index (χ1n) is 2.56. The smallest absolute Gasteiger partial charge is 0.341 e. The summed E-state index contributed by atoms with van der Waals surface area (Å²) in [6.45, 7) is 1.67. The molecule has 0 heterocycles. The molecule has 2 atom stereocenters. The molecule has 0 fully saturated rings. The number of rotatable bonds is 2. The highest BCUT2D eigenvalue weighted by molar-refractivity contribution is 7.24. The molecular weight excluding hydrogens is 139 g/mol. The molecule has 0 aromatic heterocycles. The Bertz CT molecular complexity index is 117. The van der Waals surface area contributed by atoms with Gasteiger partial charge in [-0.1, -0.05) is 4.57 Å². The Kier molecular flexibility index (Phi) is 3.97. The zero-order valence-electron chi connectivity index (χ0n) is 5.39. The first kappa shape index (κ1) is 8.37. The quantitative estimate of drug-likeness (QED) is 0.554. The van der Waals surface area contributed by atoms with E-state index >= 15 is 0 Å². The largest absolute Gasteiger partial charge is 0.349 e. The first-order valence-corrected chi connectivity index (χ1v) is 3.55. The minimum Gasteiger partial charge on any atom is -0.341 e. The Balaban J connectivity index is 3.46. The Morgan fingerprint density at radius 3 is 2.56 bits per heavy atom. The summed E-state index contributed by atoms with van der Waals surface area (Å²) in [5.41, 5.74) is 0. The number of carbonyl (C=O) groups excluding carboxylic acids is 1. The monoisotopic (exact) mass is 149 g/mol. The lowest BCUT2D eigenvalue weighted by atomic mass is 10.7. The van der Waals surface area contributed by atoms with Crippen molar-refractivity contribution in [2.75, 3.05) is 7.05 Å². The van der Waals surface area contributed by atoms with Gasteiger partial charge in [-0.25, -0.2) is 4.79 Å². The number of amides is 2. The number of carbonyl (C=O) groups is 1. The van der Waals surface area contributed by atoms with Gasteiger partial charge in [0, 0.05) is 14.0 Å². The molecule has 0 spiro atoms. The molecule has 0 aliphatic rings. The van der Waals surface area contributed by atoms with Crippen LogP contribution in [0.4, 0.5) is 4.79 Å². The highest BCUT2D eigenvalue weighted by atomic mass is 31.1. The van der Waals surface area contributed by atoms with Gasteiger partial charge in [-0.3, -0.25) is 5.32 Å². The van der Waals surface area contributed by atoms with E-state index in [1.54, 1.807) is 6.92 Å². The summed E-state index contributed by atoms with van der Waals surface area (Å²) >= 11 is 0. The molecule has 4 nitrogen and oxygen atoms in total. The van der Waals surface area contributed by atoms with E-state index in [-0.39, 0.29) is 11.8 Å². The van der Waals surface area contributed by atoms with Crippen LogP contribution < -0.4 is 10.6 Å². The van der Waals surface area contributed by atoms with Crippen LogP contribution in [-0.4, -0.2) is 18.9 Å². The lowest BCUT2D eigenvalue weighted by Crippen LogP contribution is -2.36. The minimum absolute atomic E-state index is 0.259. The fourth-order valence-electron chi connectivity index (χ4n) is 0.298. The van der Waals surface area contributed by atoms with Crippen LogP contribution in [0.25, 0.3) is 0 Å². The second-order valence-corrected chi connectivity index (χ2v) is 2.66. The van der Waals surface area contributed by atoms with Crippen molar-refractivity contribution in [3.8, 4) is 0 Å². The Hall–Kier alpha value is -0.630. The highest BCUT2D eigenvalue weighted by Gasteiger charge is 2.09. The van der Waals surface area contributed by atoms with E-state index in [9.17, 15) is 9.36 Å². The summed E-state index contributed by atoms with van der Waals surface area (Å²) in [7, 11) is 1.02. The van der Waals surface area contributed by atoms with Crippen LogP contribution in [0.3, 0.4) is 0 Å². The molecule has 2 unspecified atom stereocenters. The molecule has 52 valence electrons. The summed E-state index contributed by atoms with van der Waals surface area (Å²) < 4.78 is 10.1. The molecule has 0 saturated heterocycles. The molecule has 9 heavy (non-hydrogen) atoms. The van der Waals surface area contributed by atoms with Gasteiger partial charge in [0.15, 0.2) is 0 Å². The maximum atomic E-state index is 10.4. The number of nitrogens with one attached hydrogen (secondary N) is 2. The van der Waals surface area contributed by atoms with E-state index in [0.717, 1.165) is 0 Å². The van der Waals surface area contributed by atoms with Gasteiger partial charge < -0.3 is 5.32 Å². The van der Waals surface area contributed by atoms with Gasteiger partial charge in [0.25, 0.3) is 0 Å². The predicted octanol–water partition coefficient (Wildman–Crippen LogP) is 0.285. The second-order valence-electron chi connectivity index (χ2n) is 1.56. The van der Waals surface area contributed by atoms with Crippen molar-refractivity contribution in [2.45, 2.75) is 12.7 Å². The molecule has 2 amide bonds. The van der Waals surface area contributed by atoms with Gasteiger partial charge in [-0.2, -0.15) is 0 Å². The molecule has 0 bridgehead atoms. The average Bonchev–Trinajstić information content (AvgIpc) is 1.87. The Morgan fingerprint density at radius 2 is 2.22 bits per heavy atom. The van der Waals surface area contributed by atoms with Crippen molar-refractivity contribution in [2.24, 2.45) is 0 Å². The SMILES string of the molecule is CNC(=O)NC(C)[PH+]=O. The molecule has 0 aromatic rings. The van der Waals surface area contributed by atoms with Gasteiger partial charge in [0.1, 0.15) is 0 Å². The Morgan fingerprint density at radius 1 is 1.67 bits per heavy atom. The lowest BCUT2D eigenvalue weighted by molar-refractivity contribution is 0.242. The Labute approximate surface area is 55.2 Å². The van der Waals surface area contributed by atoms with E-state index in [1.807, 2.05) is 0 Å². The molecular formula is C4H10N2O2P+. The van der Waals surface area contributed by atoms with Gasteiger partial charge >= 0.3 is 14.5 Å². The standard InChI is InChI=1S/C4H9N2O2P/c1-3(9-8)6-4(7)5-2/h3H,1-2H3,(H2,5,6,7)/p+1. The molecule has 0 aliphatic carbocycles. The summed E-state index contributed by atoms with van der Waals surface area (Å²) in [5.74, 6) is -0.259. The van der Waals surface area contributed by atoms with Crippen molar-refractivity contribution in [1.29, 1.82) is 0 Å². The third-order valence-electron chi connectivity index (χ3n) is 0.751. The maximum Gasteiger partial charge on any atom is 0.349 e. The zero-order chi connectivity index (χ0) is 7.28. The first-order chi connectivity index (χ1) is 4.20. The number of hydrogen-bond donors (Lipinski definition) is 2. The van der Waals surface area contributed by atoms with Crippen molar-refractivity contribution < 1.29 is 9.36 Å². The third-order valence-corrected chi connectivity index (χ3v) is 1.25. The van der Waals surface area contributed by atoms with Crippen molar-refractivity contribution >= 4 is 14.5 Å². The van der Waals surface area contributed by atoms with Crippen molar-refractivity contribution in [1.82, 2.24) is 10.6 Å².